The van der Waals surface area contributed by atoms with Crippen LogP contribution in [0.25, 0.3) is 0 Å². The maximum absolute atomic E-state index is 12.8. The Labute approximate surface area is 549 Å². The lowest BCUT2D eigenvalue weighted by Gasteiger charge is -2.19. The van der Waals surface area contributed by atoms with Gasteiger partial charge < -0.3 is 20.1 Å². The first-order valence-electron chi connectivity index (χ1n) is 37.4. The Balaban J connectivity index is 3.86. The SMILES string of the molecule is CC/C=C\C/C=C\C/C=C\C/C=C\C/C=C\C/C=C\C/C=C\C/C=C\CCCCCCC(=O)OC(COC(=O)CCCCCCCCCCCCCCCCCCCCCCCCCCCCC/C=C\CCCCCCCCCC)COP(=O)(O)OCCN. The van der Waals surface area contributed by atoms with Crippen molar-refractivity contribution in [3.05, 3.63) is 109 Å². The van der Waals surface area contributed by atoms with Crippen molar-refractivity contribution in [2.24, 2.45) is 5.73 Å². The summed E-state index contributed by atoms with van der Waals surface area (Å²) in [5.41, 5.74) is 5.40. The molecule has 0 spiro atoms. The van der Waals surface area contributed by atoms with Crippen LogP contribution in [0.3, 0.4) is 0 Å². The van der Waals surface area contributed by atoms with E-state index in [1.54, 1.807) is 0 Å². The topological polar surface area (TPSA) is 134 Å². The van der Waals surface area contributed by atoms with Crippen LogP contribution in [0.2, 0.25) is 0 Å². The molecule has 0 heterocycles. The largest absolute Gasteiger partial charge is 0.472 e. The monoisotopic (exact) mass is 1260 g/mol. The van der Waals surface area contributed by atoms with Crippen LogP contribution < -0.4 is 5.73 Å². The number of rotatable bonds is 70. The highest BCUT2D eigenvalue weighted by Crippen LogP contribution is 2.43. The third kappa shape index (κ3) is 73.6. The highest BCUT2D eigenvalue weighted by molar-refractivity contribution is 7.47. The van der Waals surface area contributed by atoms with Crippen LogP contribution >= 0.6 is 7.82 Å². The maximum Gasteiger partial charge on any atom is 0.472 e. The van der Waals surface area contributed by atoms with Gasteiger partial charge >= 0.3 is 19.8 Å². The fraction of sp³-hybridized carbons (Fsp3) is 0.747. The summed E-state index contributed by atoms with van der Waals surface area (Å²) < 4.78 is 33.2. The van der Waals surface area contributed by atoms with Gasteiger partial charge in [-0.3, -0.25) is 18.6 Å². The molecule has 0 aliphatic heterocycles. The molecular weight excluding hydrogens is 1120 g/mol. The number of ether oxygens (including phenoxy) is 2. The highest BCUT2D eigenvalue weighted by Gasteiger charge is 2.26. The fourth-order valence-electron chi connectivity index (χ4n) is 10.7. The molecule has 2 unspecified atom stereocenters. The van der Waals surface area contributed by atoms with Crippen molar-refractivity contribution >= 4 is 19.8 Å². The molecule has 0 amide bonds. The predicted octanol–water partition coefficient (Wildman–Crippen LogP) is 24.9. The summed E-state index contributed by atoms with van der Waals surface area (Å²) in [4.78, 5) is 35.4. The van der Waals surface area contributed by atoms with Crippen molar-refractivity contribution in [2.75, 3.05) is 26.4 Å². The lowest BCUT2D eigenvalue weighted by atomic mass is 10.0. The van der Waals surface area contributed by atoms with Gasteiger partial charge in [0, 0.05) is 19.4 Å². The molecular formula is C79H140NO8P. The van der Waals surface area contributed by atoms with Crippen LogP contribution in [0, 0.1) is 0 Å². The van der Waals surface area contributed by atoms with E-state index >= 15 is 0 Å². The molecule has 0 aromatic rings. The van der Waals surface area contributed by atoms with Crippen molar-refractivity contribution in [1.29, 1.82) is 0 Å². The van der Waals surface area contributed by atoms with Gasteiger partial charge in [0.05, 0.1) is 13.2 Å². The highest BCUT2D eigenvalue weighted by atomic mass is 31.2. The maximum atomic E-state index is 12.8. The van der Waals surface area contributed by atoms with E-state index in [0.29, 0.717) is 6.42 Å². The molecule has 10 heteroatoms. The summed E-state index contributed by atoms with van der Waals surface area (Å²) in [6, 6.07) is 0. The first kappa shape index (κ1) is 85.7. The Morgan fingerprint density at radius 3 is 0.933 bits per heavy atom. The molecule has 0 radical (unpaired) electrons. The molecule has 2 atom stereocenters. The Hall–Kier alpha value is -3.33. The fourth-order valence-corrected chi connectivity index (χ4v) is 11.4. The molecule has 0 bridgehead atoms. The molecule has 0 aliphatic rings. The Kier molecular flexibility index (Phi) is 71.0. The number of phosphoric acid groups is 1. The molecule has 0 fully saturated rings. The minimum atomic E-state index is -4.41. The van der Waals surface area contributed by atoms with Gasteiger partial charge in [-0.25, -0.2) is 4.57 Å². The number of phosphoric ester groups is 1. The minimum absolute atomic E-state index is 0.0447. The molecule has 9 nitrogen and oxygen atoms in total. The number of carbonyl (C=O) groups is 2. The van der Waals surface area contributed by atoms with Gasteiger partial charge in [0.1, 0.15) is 6.61 Å². The number of esters is 2. The zero-order valence-electron chi connectivity index (χ0n) is 57.9. The lowest BCUT2D eigenvalue weighted by molar-refractivity contribution is -0.161. The van der Waals surface area contributed by atoms with Gasteiger partial charge in [-0.2, -0.15) is 0 Å². The molecule has 0 aromatic heterocycles. The second-order valence-electron chi connectivity index (χ2n) is 24.8. The second kappa shape index (κ2) is 73.7. The first-order chi connectivity index (χ1) is 43.8. The van der Waals surface area contributed by atoms with Crippen LogP contribution in [-0.4, -0.2) is 49.3 Å². The number of carbonyl (C=O) groups excluding carboxylic acids is 2. The molecule has 3 N–H and O–H groups in total. The van der Waals surface area contributed by atoms with E-state index in [-0.39, 0.29) is 38.6 Å². The number of hydrogen-bond donors (Lipinski definition) is 2. The Morgan fingerprint density at radius 1 is 0.348 bits per heavy atom. The van der Waals surface area contributed by atoms with Gasteiger partial charge in [0.25, 0.3) is 0 Å². The molecule has 89 heavy (non-hydrogen) atoms. The van der Waals surface area contributed by atoms with E-state index in [1.807, 2.05) is 0 Å². The molecule has 0 saturated heterocycles. The van der Waals surface area contributed by atoms with E-state index < -0.39 is 26.5 Å². The number of unbranched alkanes of at least 4 members (excludes halogenated alkanes) is 39. The van der Waals surface area contributed by atoms with E-state index in [9.17, 15) is 19.0 Å². The predicted molar refractivity (Wildman–Crippen MR) is 385 cm³/mol. The average Bonchev–Trinajstić information content (AvgIpc) is 3.68. The molecule has 0 saturated carbocycles. The smallest absolute Gasteiger partial charge is 0.462 e. The van der Waals surface area contributed by atoms with Crippen molar-refractivity contribution in [3.63, 3.8) is 0 Å². The zero-order chi connectivity index (χ0) is 64.4. The van der Waals surface area contributed by atoms with Crippen molar-refractivity contribution < 1.29 is 37.6 Å². The van der Waals surface area contributed by atoms with Gasteiger partial charge in [-0.05, 0) is 103 Å². The summed E-state index contributed by atoms with van der Waals surface area (Å²) in [5, 5.41) is 0. The van der Waals surface area contributed by atoms with Crippen LogP contribution in [0.5, 0.6) is 0 Å². The van der Waals surface area contributed by atoms with Gasteiger partial charge in [0.2, 0.25) is 0 Å². The van der Waals surface area contributed by atoms with Gasteiger partial charge in [-0.1, -0.05) is 342 Å². The van der Waals surface area contributed by atoms with Crippen molar-refractivity contribution in [3.8, 4) is 0 Å². The quantitative estimate of drug-likeness (QED) is 0.0264. The van der Waals surface area contributed by atoms with E-state index in [0.717, 1.165) is 96.3 Å². The van der Waals surface area contributed by atoms with Crippen LogP contribution in [0.15, 0.2) is 109 Å². The standard InChI is InChI=1S/C79H140NO8P/c1-3-5-7-9-11-13-15-17-19-21-23-25-27-29-31-33-34-35-36-37-38-39-40-41-42-44-45-47-49-51-53-55-57-59-61-63-65-67-69-71-78(81)85-75-77(76-87-89(83,84)86-74-73-80)88-79(82)72-70-68-66-64-62-60-58-56-54-52-50-48-46-43-32-30-28-26-24-22-20-18-16-14-12-10-8-6-4-2/h6,8,12,14,18,20-21,23-24,26,30,32,46,48,52,54,58,60,77H,3-5,7,9-11,13,15-17,19,22,25,27-29,31,33-45,47,49-51,53,55-57,59,61-76,80H2,1-2H3,(H,83,84)/b8-6-,14-12-,20-18-,23-21-,26-24-,32-30-,48-46-,54-52-,60-58-. The van der Waals surface area contributed by atoms with Crippen LogP contribution in [0.4, 0.5) is 0 Å². The lowest BCUT2D eigenvalue weighted by Crippen LogP contribution is -2.29. The van der Waals surface area contributed by atoms with Crippen LogP contribution in [-0.2, 0) is 32.7 Å². The first-order valence-corrected chi connectivity index (χ1v) is 38.9. The van der Waals surface area contributed by atoms with Crippen LogP contribution in [0.1, 0.15) is 348 Å². The summed E-state index contributed by atoms with van der Waals surface area (Å²) >= 11 is 0. The minimum Gasteiger partial charge on any atom is -0.462 e. The Morgan fingerprint density at radius 2 is 0.618 bits per heavy atom. The van der Waals surface area contributed by atoms with E-state index in [4.69, 9.17) is 24.3 Å². The molecule has 0 aliphatic carbocycles. The van der Waals surface area contributed by atoms with E-state index in [2.05, 4.69) is 123 Å². The third-order valence-corrected chi connectivity index (χ3v) is 17.1. The molecule has 0 aromatic carbocycles. The zero-order valence-corrected chi connectivity index (χ0v) is 58.8. The summed E-state index contributed by atoms with van der Waals surface area (Å²) in [5.74, 6) is -0.851. The summed E-state index contributed by atoms with van der Waals surface area (Å²) in [7, 11) is -4.41. The number of allylic oxidation sites excluding steroid dienone is 18. The van der Waals surface area contributed by atoms with Crippen molar-refractivity contribution in [1.82, 2.24) is 0 Å². The summed E-state index contributed by atoms with van der Waals surface area (Å²) in [6.45, 7) is 3.63. The average molecular weight is 1260 g/mol. The number of nitrogens with two attached hydrogens (primary N) is 1. The van der Waals surface area contributed by atoms with Gasteiger partial charge in [0.15, 0.2) is 6.10 Å². The van der Waals surface area contributed by atoms with E-state index in [1.165, 1.54) is 218 Å². The second-order valence-corrected chi connectivity index (χ2v) is 26.2. The number of hydrogen-bond acceptors (Lipinski definition) is 8. The Bertz CT molecular complexity index is 1830. The third-order valence-electron chi connectivity index (χ3n) is 16.1. The van der Waals surface area contributed by atoms with Crippen molar-refractivity contribution in [2.45, 2.75) is 354 Å². The van der Waals surface area contributed by atoms with Gasteiger partial charge in [-0.15, -0.1) is 0 Å². The molecule has 0 rings (SSSR count). The summed E-state index contributed by atoms with van der Waals surface area (Å²) in [6.07, 6.45) is 102. The molecule has 514 valence electrons. The normalized spacial score (nSPS) is 13.5.